The maximum absolute atomic E-state index is 12.8. The standard InChI is InChI=1S/C19H16ClNOS/c20-14-7-5-11(6-8-14)18(22)19-17(21)15-9-12-3-1-2-4-13(12)10-16(15)23-19/h5-10H,1-4,21H2. The lowest BCUT2D eigenvalue weighted by atomic mass is 9.91. The zero-order valence-corrected chi connectivity index (χ0v) is 14.1. The van der Waals surface area contributed by atoms with Gasteiger partial charge in [-0.1, -0.05) is 11.6 Å². The van der Waals surface area contributed by atoms with Gasteiger partial charge in [0, 0.05) is 20.7 Å². The van der Waals surface area contributed by atoms with Gasteiger partial charge in [-0.2, -0.15) is 0 Å². The normalized spacial score (nSPS) is 14.0. The maximum atomic E-state index is 12.8. The molecule has 116 valence electrons. The molecule has 4 heteroatoms. The van der Waals surface area contributed by atoms with Crippen molar-refractivity contribution in [3.8, 4) is 0 Å². The molecule has 0 bridgehead atoms. The van der Waals surface area contributed by atoms with Gasteiger partial charge in [-0.05, 0) is 73.2 Å². The number of carbonyl (C=O) groups is 1. The third-order valence-electron chi connectivity index (χ3n) is 4.50. The van der Waals surface area contributed by atoms with Crippen molar-refractivity contribution < 1.29 is 4.79 Å². The van der Waals surface area contributed by atoms with E-state index in [1.165, 1.54) is 35.3 Å². The second-order valence-corrected chi connectivity index (χ2v) is 7.49. The van der Waals surface area contributed by atoms with Crippen molar-refractivity contribution in [1.82, 2.24) is 0 Å². The number of benzene rings is 2. The molecule has 1 aliphatic rings. The molecule has 1 aliphatic carbocycles. The van der Waals surface area contributed by atoms with Crippen molar-refractivity contribution in [2.24, 2.45) is 0 Å². The highest BCUT2D eigenvalue weighted by Crippen LogP contribution is 2.38. The number of rotatable bonds is 2. The minimum Gasteiger partial charge on any atom is -0.397 e. The first kappa shape index (κ1) is 14.7. The molecule has 4 rings (SSSR count). The summed E-state index contributed by atoms with van der Waals surface area (Å²) in [4.78, 5) is 13.4. The molecule has 0 spiro atoms. The fourth-order valence-electron chi connectivity index (χ4n) is 3.25. The van der Waals surface area contributed by atoms with Gasteiger partial charge in [-0.15, -0.1) is 11.3 Å². The number of halogens is 1. The average Bonchev–Trinajstić information content (AvgIpc) is 2.89. The highest BCUT2D eigenvalue weighted by atomic mass is 35.5. The Morgan fingerprint density at radius 2 is 1.70 bits per heavy atom. The zero-order valence-electron chi connectivity index (χ0n) is 12.6. The summed E-state index contributed by atoms with van der Waals surface area (Å²) in [6.07, 6.45) is 4.72. The van der Waals surface area contributed by atoms with Gasteiger partial charge in [0.05, 0.1) is 10.6 Å². The van der Waals surface area contributed by atoms with E-state index in [0.717, 1.165) is 22.9 Å². The molecular weight excluding hydrogens is 326 g/mol. The van der Waals surface area contributed by atoms with Crippen LogP contribution in [0.3, 0.4) is 0 Å². The summed E-state index contributed by atoms with van der Waals surface area (Å²) in [6.45, 7) is 0. The summed E-state index contributed by atoms with van der Waals surface area (Å²) >= 11 is 7.39. The quantitative estimate of drug-likeness (QED) is 0.647. The largest absolute Gasteiger partial charge is 0.397 e. The van der Waals surface area contributed by atoms with E-state index in [2.05, 4.69) is 12.1 Å². The Hall–Kier alpha value is -1.84. The molecular formula is C19H16ClNOS. The van der Waals surface area contributed by atoms with Gasteiger partial charge in [0.1, 0.15) is 0 Å². The van der Waals surface area contributed by atoms with Crippen LogP contribution < -0.4 is 5.73 Å². The van der Waals surface area contributed by atoms with Crippen LogP contribution in [0.25, 0.3) is 10.1 Å². The van der Waals surface area contributed by atoms with Crippen molar-refractivity contribution in [1.29, 1.82) is 0 Å². The number of fused-ring (bicyclic) bond motifs is 2. The van der Waals surface area contributed by atoms with Gasteiger partial charge >= 0.3 is 0 Å². The van der Waals surface area contributed by atoms with Crippen molar-refractivity contribution in [2.75, 3.05) is 5.73 Å². The lowest BCUT2D eigenvalue weighted by Crippen LogP contribution is -2.03. The molecule has 2 nitrogen and oxygen atoms in total. The predicted molar refractivity (Wildman–Crippen MR) is 97.8 cm³/mol. The summed E-state index contributed by atoms with van der Waals surface area (Å²) < 4.78 is 1.11. The van der Waals surface area contributed by atoms with Crippen LogP contribution in [0.5, 0.6) is 0 Å². The highest BCUT2D eigenvalue weighted by Gasteiger charge is 2.20. The van der Waals surface area contributed by atoms with Crippen molar-refractivity contribution in [3.05, 3.63) is 63.0 Å². The lowest BCUT2D eigenvalue weighted by Gasteiger charge is -2.15. The van der Waals surface area contributed by atoms with Gasteiger partial charge in [0.15, 0.2) is 0 Å². The zero-order chi connectivity index (χ0) is 16.0. The van der Waals surface area contributed by atoms with Crippen LogP contribution in [-0.2, 0) is 12.8 Å². The Kier molecular flexibility index (Phi) is 3.63. The number of thiophene rings is 1. The minimum atomic E-state index is -0.0293. The smallest absolute Gasteiger partial charge is 0.205 e. The van der Waals surface area contributed by atoms with E-state index < -0.39 is 0 Å². The number of nitrogen functional groups attached to an aromatic ring is 1. The highest BCUT2D eigenvalue weighted by molar-refractivity contribution is 7.21. The molecule has 0 fully saturated rings. The fraction of sp³-hybridized carbons (Fsp3) is 0.211. The summed E-state index contributed by atoms with van der Waals surface area (Å²) in [6, 6.07) is 11.4. The molecule has 0 atom stereocenters. The van der Waals surface area contributed by atoms with E-state index in [1.54, 1.807) is 24.3 Å². The first-order valence-electron chi connectivity index (χ1n) is 7.77. The van der Waals surface area contributed by atoms with Gasteiger partial charge < -0.3 is 5.73 Å². The predicted octanol–water partition coefficient (Wildman–Crippen LogP) is 5.25. The third-order valence-corrected chi connectivity index (χ3v) is 5.92. The third kappa shape index (κ3) is 2.54. The molecule has 3 aromatic rings. The Morgan fingerprint density at radius 1 is 1.04 bits per heavy atom. The molecule has 2 aromatic carbocycles. The second-order valence-electron chi connectivity index (χ2n) is 6.01. The van der Waals surface area contributed by atoms with Crippen LogP contribution in [0.2, 0.25) is 5.02 Å². The van der Waals surface area contributed by atoms with Gasteiger partial charge in [0.2, 0.25) is 5.78 Å². The Labute approximate surface area is 143 Å². The van der Waals surface area contributed by atoms with Crippen LogP contribution in [0.4, 0.5) is 5.69 Å². The molecule has 0 saturated heterocycles. The van der Waals surface area contributed by atoms with E-state index in [-0.39, 0.29) is 5.78 Å². The SMILES string of the molecule is Nc1c(C(=O)c2ccc(Cl)cc2)sc2cc3c(cc12)CCCC3. The fourth-order valence-corrected chi connectivity index (χ4v) is 4.50. The number of carbonyl (C=O) groups excluding carboxylic acids is 1. The first-order chi connectivity index (χ1) is 11.1. The molecule has 0 aliphatic heterocycles. The molecule has 1 aromatic heterocycles. The molecule has 0 saturated carbocycles. The summed E-state index contributed by atoms with van der Waals surface area (Å²) in [5.74, 6) is -0.0293. The number of hydrogen-bond acceptors (Lipinski definition) is 3. The lowest BCUT2D eigenvalue weighted by molar-refractivity contribution is 0.104. The number of ketones is 1. The van der Waals surface area contributed by atoms with Crippen LogP contribution in [0, 0.1) is 0 Å². The van der Waals surface area contributed by atoms with Gasteiger partial charge in [-0.3, -0.25) is 4.79 Å². The van der Waals surface area contributed by atoms with E-state index in [9.17, 15) is 4.79 Å². The number of anilines is 1. The monoisotopic (exact) mass is 341 g/mol. The van der Waals surface area contributed by atoms with Crippen molar-refractivity contribution >= 4 is 44.5 Å². The van der Waals surface area contributed by atoms with Gasteiger partial charge in [-0.25, -0.2) is 0 Å². The van der Waals surface area contributed by atoms with Crippen LogP contribution >= 0.6 is 22.9 Å². The molecule has 0 radical (unpaired) electrons. The number of hydrogen-bond donors (Lipinski definition) is 1. The van der Waals surface area contributed by atoms with Crippen LogP contribution in [0.1, 0.15) is 39.2 Å². The van der Waals surface area contributed by atoms with E-state index in [4.69, 9.17) is 17.3 Å². The van der Waals surface area contributed by atoms with Crippen molar-refractivity contribution in [2.45, 2.75) is 25.7 Å². The Bertz CT molecular complexity index is 911. The molecule has 0 unspecified atom stereocenters. The topological polar surface area (TPSA) is 43.1 Å². The average molecular weight is 342 g/mol. The summed E-state index contributed by atoms with van der Waals surface area (Å²) in [5, 5.41) is 1.64. The molecule has 2 N–H and O–H groups in total. The molecule has 1 heterocycles. The minimum absolute atomic E-state index is 0.0293. The van der Waals surface area contributed by atoms with E-state index in [1.807, 2.05) is 0 Å². The Balaban J connectivity index is 1.82. The maximum Gasteiger partial charge on any atom is 0.205 e. The van der Waals surface area contributed by atoms with Crippen LogP contribution in [0.15, 0.2) is 36.4 Å². The number of aryl methyl sites for hydroxylation is 2. The Morgan fingerprint density at radius 3 is 2.39 bits per heavy atom. The van der Waals surface area contributed by atoms with Crippen LogP contribution in [-0.4, -0.2) is 5.78 Å². The van der Waals surface area contributed by atoms with Gasteiger partial charge in [0.25, 0.3) is 0 Å². The second kappa shape index (κ2) is 5.66. The first-order valence-corrected chi connectivity index (χ1v) is 8.97. The summed E-state index contributed by atoms with van der Waals surface area (Å²) in [5.41, 5.74) is 10.3. The molecule has 23 heavy (non-hydrogen) atoms. The molecule has 0 amide bonds. The summed E-state index contributed by atoms with van der Waals surface area (Å²) in [7, 11) is 0. The van der Waals surface area contributed by atoms with Crippen molar-refractivity contribution in [3.63, 3.8) is 0 Å². The van der Waals surface area contributed by atoms with E-state index in [0.29, 0.717) is 21.2 Å². The van der Waals surface area contributed by atoms with E-state index >= 15 is 0 Å². The number of nitrogens with two attached hydrogens (primary N) is 1.